The fraction of sp³-hybridized carbons (Fsp3) is 0.261. The monoisotopic (exact) mass is 501 g/mol. The van der Waals surface area contributed by atoms with E-state index in [0.29, 0.717) is 67.1 Å². The first kappa shape index (κ1) is 22.1. The Morgan fingerprint density at radius 3 is 2.76 bits per heavy atom. The molecule has 0 fully saturated rings. The molecule has 0 bridgehead atoms. The summed E-state index contributed by atoms with van der Waals surface area (Å²) in [6.45, 7) is 4.11. The first-order valence-corrected chi connectivity index (χ1v) is 11.9. The third kappa shape index (κ3) is 3.96. The molecular weight excluding hydrogens is 481 g/mol. The van der Waals surface area contributed by atoms with Crippen LogP contribution in [0.3, 0.4) is 0 Å². The lowest BCUT2D eigenvalue weighted by atomic mass is 9.70. The van der Waals surface area contributed by atoms with Gasteiger partial charge in [0.25, 0.3) is 0 Å². The molecule has 7 nitrogen and oxygen atoms in total. The predicted molar refractivity (Wildman–Crippen MR) is 131 cm³/mol. The number of imidazole rings is 1. The van der Waals surface area contributed by atoms with Crippen LogP contribution in [0.5, 0.6) is 0 Å². The number of nitrogens with two attached hydrogens (primary N) is 2. The lowest BCUT2D eigenvalue weighted by molar-refractivity contribution is -0.118. The van der Waals surface area contributed by atoms with E-state index >= 15 is 0 Å². The highest BCUT2D eigenvalue weighted by atomic mass is 35.5. The molecule has 1 unspecified atom stereocenters. The smallest absolute Gasteiger partial charge is 0.174 e. The highest BCUT2D eigenvalue weighted by molar-refractivity contribution is 7.99. The summed E-state index contributed by atoms with van der Waals surface area (Å²) in [6.07, 6.45) is 2.50. The first-order chi connectivity index (χ1) is 15.6. The van der Waals surface area contributed by atoms with E-state index in [9.17, 15) is 4.79 Å². The molecule has 10 heteroatoms. The van der Waals surface area contributed by atoms with E-state index < -0.39 is 5.92 Å². The van der Waals surface area contributed by atoms with E-state index in [1.807, 2.05) is 12.1 Å². The van der Waals surface area contributed by atoms with Crippen LogP contribution in [0, 0.1) is 5.41 Å². The zero-order chi connectivity index (χ0) is 23.5. The van der Waals surface area contributed by atoms with Crippen molar-refractivity contribution in [2.24, 2.45) is 21.9 Å². The summed E-state index contributed by atoms with van der Waals surface area (Å²) >= 11 is 13.5. The van der Waals surface area contributed by atoms with Crippen molar-refractivity contribution in [1.29, 1.82) is 0 Å². The number of halogens is 2. The number of aromatic nitrogens is 2. The van der Waals surface area contributed by atoms with E-state index in [0.717, 1.165) is 5.52 Å². The second kappa shape index (κ2) is 7.97. The number of nitrogens with zero attached hydrogens (tertiary/aromatic N) is 2. The van der Waals surface area contributed by atoms with Crippen molar-refractivity contribution < 1.29 is 9.21 Å². The Labute approximate surface area is 204 Å². The number of carbonyl (C=O) groups excluding carboxylic acids is 1. The summed E-state index contributed by atoms with van der Waals surface area (Å²) in [7, 11) is 0. The van der Waals surface area contributed by atoms with E-state index in [1.54, 1.807) is 12.1 Å². The van der Waals surface area contributed by atoms with Crippen LogP contribution >= 0.6 is 35.0 Å². The van der Waals surface area contributed by atoms with Gasteiger partial charge in [0.2, 0.25) is 0 Å². The number of amidine groups is 1. The maximum absolute atomic E-state index is 13.1. The van der Waals surface area contributed by atoms with Crippen LogP contribution < -0.4 is 11.5 Å². The number of furan rings is 1. The number of fused-ring (bicyclic) bond motifs is 1. The van der Waals surface area contributed by atoms with Crippen LogP contribution in [0.15, 0.2) is 67.0 Å². The minimum absolute atomic E-state index is 0.0403. The molecule has 0 saturated carbocycles. The van der Waals surface area contributed by atoms with E-state index in [4.69, 9.17) is 39.1 Å². The molecule has 1 aromatic carbocycles. The van der Waals surface area contributed by atoms with Crippen LogP contribution in [-0.4, -0.2) is 21.6 Å². The molecule has 2 aliphatic rings. The SMILES string of the molecule is CC1(C)CC(=O)C2=C(C1)N=C(N)/C(=C\N)C2c1ccc(Sc2nc3cc(Cl)c(Cl)cc3[nH]2)o1. The fourth-order valence-corrected chi connectivity index (χ4v) is 5.48. The summed E-state index contributed by atoms with van der Waals surface area (Å²) in [5, 5.41) is 2.12. The number of aliphatic imine (C=N–C) groups is 1. The Morgan fingerprint density at radius 1 is 1.24 bits per heavy atom. The number of nitrogens with one attached hydrogen (secondary N) is 1. The van der Waals surface area contributed by atoms with Crippen molar-refractivity contribution >= 4 is 57.6 Å². The molecule has 5 N–H and O–H groups in total. The number of ketones is 1. The Balaban J connectivity index is 1.50. The lowest BCUT2D eigenvalue weighted by Gasteiger charge is -2.36. The number of rotatable bonds is 3. The summed E-state index contributed by atoms with van der Waals surface area (Å²) in [4.78, 5) is 25.4. The molecule has 1 aliphatic heterocycles. The van der Waals surface area contributed by atoms with Crippen LogP contribution in [0.25, 0.3) is 11.0 Å². The summed E-state index contributed by atoms with van der Waals surface area (Å²) in [6, 6.07) is 7.11. The van der Waals surface area contributed by atoms with E-state index in [2.05, 4.69) is 28.8 Å². The van der Waals surface area contributed by atoms with E-state index in [1.165, 1.54) is 18.0 Å². The maximum atomic E-state index is 13.1. The first-order valence-electron chi connectivity index (χ1n) is 10.3. The number of allylic oxidation sites excluding steroid dienone is 2. The minimum atomic E-state index is -0.492. The lowest BCUT2D eigenvalue weighted by Crippen LogP contribution is -2.35. The van der Waals surface area contributed by atoms with Crippen LogP contribution in [0.2, 0.25) is 10.0 Å². The Bertz CT molecular complexity index is 1360. The van der Waals surface area contributed by atoms with Gasteiger partial charge in [-0.2, -0.15) is 0 Å². The van der Waals surface area contributed by atoms with Gasteiger partial charge < -0.3 is 20.9 Å². The predicted octanol–water partition coefficient (Wildman–Crippen LogP) is 5.55. The summed E-state index contributed by atoms with van der Waals surface area (Å²) < 4.78 is 6.16. The average molecular weight is 502 g/mol. The molecule has 2 aromatic heterocycles. The van der Waals surface area contributed by atoms with Gasteiger partial charge in [0.15, 0.2) is 16.0 Å². The van der Waals surface area contributed by atoms with Crippen LogP contribution in [-0.2, 0) is 4.79 Å². The number of carbonyl (C=O) groups is 1. The van der Waals surface area contributed by atoms with Crippen molar-refractivity contribution in [3.05, 3.63) is 63.1 Å². The Hall–Kier alpha value is -2.68. The molecule has 0 spiro atoms. The van der Waals surface area contributed by atoms with Gasteiger partial charge in [-0.15, -0.1) is 0 Å². The standard InChI is InChI=1S/C23H21Cl2N5O2S/c1-23(2)7-15-20(16(31)8-23)19(10(9-26)21(27)28-15)17-3-4-18(32-17)33-22-29-13-5-11(24)12(25)6-14(13)30-22/h3-6,9,19H,7-8,26H2,1-2H3,(H2,27,28)(H,29,30)/b10-9-. The zero-order valence-corrected chi connectivity index (χ0v) is 20.2. The highest BCUT2D eigenvalue weighted by Crippen LogP contribution is 2.47. The molecular formula is C23H21Cl2N5O2S. The summed E-state index contributed by atoms with van der Waals surface area (Å²) in [5.41, 5.74) is 15.3. The van der Waals surface area contributed by atoms with Crippen LogP contribution in [0.4, 0.5) is 0 Å². The molecule has 1 atom stereocenters. The van der Waals surface area contributed by atoms with Gasteiger partial charge in [-0.3, -0.25) is 4.79 Å². The average Bonchev–Trinajstić information content (AvgIpc) is 3.33. The van der Waals surface area contributed by atoms with Gasteiger partial charge in [0, 0.05) is 23.8 Å². The van der Waals surface area contributed by atoms with Crippen molar-refractivity contribution in [2.75, 3.05) is 0 Å². The second-order valence-corrected chi connectivity index (χ2v) is 10.7. The van der Waals surface area contributed by atoms with Gasteiger partial charge in [-0.05, 0) is 47.9 Å². The number of hydrogen-bond donors (Lipinski definition) is 3. The molecule has 170 valence electrons. The molecule has 33 heavy (non-hydrogen) atoms. The Morgan fingerprint density at radius 2 is 2.00 bits per heavy atom. The van der Waals surface area contributed by atoms with E-state index in [-0.39, 0.29) is 11.2 Å². The third-order valence-electron chi connectivity index (χ3n) is 5.81. The molecule has 3 heterocycles. The third-order valence-corrected chi connectivity index (χ3v) is 7.34. The highest BCUT2D eigenvalue weighted by Gasteiger charge is 2.42. The molecule has 0 amide bonds. The van der Waals surface area contributed by atoms with Crippen molar-refractivity contribution in [3.8, 4) is 0 Å². The number of aromatic amines is 1. The number of hydrogen-bond acceptors (Lipinski definition) is 7. The Kier molecular flexibility index (Phi) is 5.34. The zero-order valence-electron chi connectivity index (χ0n) is 17.9. The topological polar surface area (TPSA) is 123 Å². The molecule has 3 aromatic rings. The number of benzene rings is 1. The molecule has 5 rings (SSSR count). The van der Waals surface area contributed by atoms with Crippen LogP contribution in [0.1, 0.15) is 38.4 Å². The minimum Gasteiger partial charge on any atom is -0.453 e. The van der Waals surface area contributed by atoms with Gasteiger partial charge in [-0.25, -0.2) is 9.98 Å². The summed E-state index contributed by atoms with van der Waals surface area (Å²) in [5.74, 6) is 0.436. The molecule has 0 radical (unpaired) electrons. The van der Waals surface area contributed by atoms with Crippen molar-refractivity contribution in [1.82, 2.24) is 9.97 Å². The van der Waals surface area contributed by atoms with Gasteiger partial charge in [-0.1, -0.05) is 37.0 Å². The van der Waals surface area contributed by atoms with Crippen molar-refractivity contribution in [2.45, 2.75) is 42.9 Å². The number of Topliss-reactive ketones (excluding diaryl/α,β-unsaturated/α-hetero) is 1. The largest absolute Gasteiger partial charge is 0.453 e. The normalized spacial score (nSPS) is 21.6. The maximum Gasteiger partial charge on any atom is 0.174 e. The van der Waals surface area contributed by atoms with Gasteiger partial charge >= 0.3 is 0 Å². The fourth-order valence-electron chi connectivity index (χ4n) is 4.39. The van der Waals surface area contributed by atoms with Gasteiger partial charge in [0.1, 0.15) is 11.6 Å². The van der Waals surface area contributed by atoms with Gasteiger partial charge in [0.05, 0.1) is 32.7 Å². The number of H-pyrrole nitrogens is 1. The second-order valence-electron chi connectivity index (χ2n) is 8.94. The molecule has 1 aliphatic carbocycles. The molecule has 0 saturated heterocycles. The van der Waals surface area contributed by atoms with Crippen molar-refractivity contribution in [3.63, 3.8) is 0 Å². The quantitative estimate of drug-likeness (QED) is 0.431.